The number of fused-ring (bicyclic) bond motifs is 5. The number of nitrogens with zero attached hydrogens (tertiary/aromatic N) is 1. The van der Waals surface area contributed by atoms with E-state index in [1.807, 2.05) is 0 Å². The van der Waals surface area contributed by atoms with Crippen molar-refractivity contribution in [3.63, 3.8) is 0 Å². The highest BCUT2D eigenvalue weighted by molar-refractivity contribution is 6.10. The minimum absolute atomic E-state index is 0.116. The molecule has 1 nitrogen and oxygen atoms in total. The maximum Gasteiger partial charge on any atom is 0.0533 e. The van der Waals surface area contributed by atoms with E-state index in [1.165, 1.54) is 83.2 Å². The van der Waals surface area contributed by atoms with Crippen molar-refractivity contribution in [3.8, 4) is 23.0 Å². The maximum absolute atomic E-state index is 3.60. The number of rotatable bonds is 5. The Morgan fingerprint density at radius 3 is 2.22 bits per heavy atom. The third-order valence-corrected chi connectivity index (χ3v) is 10.9. The Morgan fingerprint density at radius 2 is 1.38 bits per heavy atom. The van der Waals surface area contributed by atoms with Gasteiger partial charge in [0, 0.05) is 35.2 Å². The van der Waals surface area contributed by atoms with Crippen molar-refractivity contribution in [1.29, 1.82) is 0 Å². The molecular weight excluding hydrogens is 603 g/mol. The first-order chi connectivity index (χ1) is 24.6. The Kier molecular flexibility index (Phi) is 7.40. The van der Waals surface area contributed by atoms with Crippen LogP contribution < -0.4 is 4.90 Å². The average molecular weight is 642 g/mol. The predicted octanol–water partition coefficient (Wildman–Crippen LogP) is 13.0. The van der Waals surface area contributed by atoms with Crippen LogP contribution in [0.5, 0.6) is 0 Å². The van der Waals surface area contributed by atoms with Gasteiger partial charge in [-0.2, -0.15) is 0 Å². The largest absolute Gasteiger partial charge is 0.314 e. The van der Waals surface area contributed by atoms with Crippen molar-refractivity contribution in [3.05, 3.63) is 180 Å². The van der Waals surface area contributed by atoms with Crippen LogP contribution in [0.4, 0.5) is 11.4 Å². The molecule has 0 fully saturated rings. The summed E-state index contributed by atoms with van der Waals surface area (Å²) in [4.78, 5) is 2.47. The molecule has 0 radical (unpaired) electrons. The summed E-state index contributed by atoms with van der Waals surface area (Å²) in [6, 6.07) is 46.8. The predicted molar refractivity (Wildman–Crippen MR) is 213 cm³/mol. The zero-order valence-corrected chi connectivity index (χ0v) is 28.7. The van der Waals surface area contributed by atoms with E-state index in [1.54, 1.807) is 0 Å². The zero-order valence-electron chi connectivity index (χ0n) is 28.7. The Bertz CT molecular complexity index is 2490. The molecule has 0 saturated carbocycles. The van der Waals surface area contributed by atoms with Gasteiger partial charge >= 0.3 is 0 Å². The SMILES string of the molecule is CC1(C)C2=C(/C=C(/c3ccccc3N(C3=CC=CCC3)c3ccc(-c4ccccc4)cc3)CC#CC2)c2cc3ccc4ccccc4c3cc21. The standard InChI is InChI=1S/C49H39N/c1-49(2)46-23-13-10-18-37(31-44(46)45-32-38-26-25-36-17-9-11-21-41(36)43(38)33-47(45)49)42-22-12-14-24-48(42)50(39-19-7-4-8-20-39)40-29-27-35(28-30-40)34-15-5-3-6-16-34/h3-7,9,11-12,14-17,19,21-22,24-33H,8,18,20,23H2,1-2H3/b37-31+. The van der Waals surface area contributed by atoms with Crippen LogP contribution in [0.3, 0.4) is 0 Å². The lowest BCUT2D eigenvalue weighted by Gasteiger charge is -2.31. The van der Waals surface area contributed by atoms with E-state index in [-0.39, 0.29) is 5.41 Å². The molecule has 0 bridgehead atoms. The summed E-state index contributed by atoms with van der Waals surface area (Å²) in [6.45, 7) is 4.78. The number of hydrogen-bond acceptors (Lipinski definition) is 1. The topological polar surface area (TPSA) is 3.24 Å². The molecule has 0 amide bonds. The average Bonchev–Trinajstić information content (AvgIpc) is 3.35. The molecule has 0 unspecified atom stereocenters. The molecule has 0 heterocycles. The first-order valence-corrected chi connectivity index (χ1v) is 17.8. The molecular formula is C49H39N. The molecule has 6 aromatic carbocycles. The minimum Gasteiger partial charge on any atom is -0.314 e. The molecule has 3 aliphatic carbocycles. The van der Waals surface area contributed by atoms with Gasteiger partial charge < -0.3 is 4.90 Å². The van der Waals surface area contributed by atoms with Crippen molar-refractivity contribution < 1.29 is 0 Å². The van der Waals surface area contributed by atoms with E-state index in [0.29, 0.717) is 6.42 Å². The van der Waals surface area contributed by atoms with Crippen molar-refractivity contribution in [2.45, 2.75) is 44.9 Å². The van der Waals surface area contributed by atoms with Crippen LogP contribution >= 0.6 is 0 Å². The van der Waals surface area contributed by atoms with E-state index >= 15 is 0 Å². The summed E-state index contributed by atoms with van der Waals surface area (Å²) >= 11 is 0. The van der Waals surface area contributed by atoms with E-state index in [9.17, 15) is 0 Å². The molecule has 9 rings (SSSR count). The minimum atomic E-state index is -0.116. The Morgan fingerprint density at radius 1 is 0.640 bits per heavy atom. The number of para-hydroxylation sites is 1. The Hall–Kier alpha value is -5.84. The van der Waals surface area contributed by atoms with Gasteiger partial charge in [-0.25, -0.2) is 0 Å². The smallest absolute Gasteiger partial charge is 0.0533 e. The summed E-state index contributed by atoms with van der Waals surface area (Å²) in [5.41, 5.74) is 14.0. The van der Waals surface area contributed by atoms with Crippen LogP contribution in [0.1, 0.15) is 56.2 Å². The summed E-state index contributed by atoms with van der Waals surface area (Å²) < 4.78 is 0. The number of hydrogen-bond donors (Lipinski definition) is 0. The van der Waals surface area contributed by atoms with Crippen LogP contribution in [0, 0.1) is 11.8 Å². The number of benzene rings is 6. The van der Waals surface area contributed by atoms with E-state index in [4.69, 9.17) is 0 Å². The van der Waals surface area contributed by atoms with Gasteiger partial charge in [-0.05, 0) is 116 Å². The summed E-state index contributed by atoms with van der Waals surface area (Å²) in [6.07, 6.45) is 12.8. The quantitative estimate of drug-likeness (QED) is 0.134. The molecule has 0 aromatic heterocycles. The molecule has 0 N–H and O–H groups in total. The Balaban J connectivity index is 1.20. The van der Waals surface area contributed by atoms with E-state index < -0.39 is 0 Å². The van der Waals surface area contributed by atoms with Gasteiger partial charge in [0.15, 0.2) is 0 Å². The van der Waals surface area contributed by atoms with E-state index in [0.717, 1.165) is 19.3 Å². The molecule has 240 valence electrons. The number of allylic oxidation sites excluding steroid dienone is 8. The van der Waals surface area contributed by atoms with Gasteiger partial charge in [0.2, 0.25) is 0 Å². The van der Waals surface area contributed by atoms with E-state index in [2.05, 4.69) is 182 Å². The highest BCUT2D eigenvalue weighted by atomic mass is 15.2. The van der Waals surface area contributed by atoms with Crippen LogP contribution in [-0.4, -0.2) is 0 Å². The van der Waals surface area contributed by atoms with Crippen LogP contribution in [0.15, 0.2) is 163 Å². The van der Waals surface area contributed by atoms with Gasteiger partial charge in [0.25, 0.3) is 0 Å². The summed E-state index contributed by atoms with van der Waals surface area (Å²) in [7, 11) is 0. The van der Waals surface area contributed by atoms with Crippen molar-refractivity contribution >= 4 is 44.1 Å². The van der Waals surface area contributed by atoms with Crippen molar-refractivity contribution in [1.82, 2.24) is 0 Å². The summed E-state index contributed by atoms with van der Waals surface area (Å²) in [5, 5.41) is 5.22. The lowest BCUT2D eigenvalue weighted by atomic mass is 9.79. The second-order valence-corrected chi connectivity index (χ2v) is 14.2. The monoisotopic (exact) mass is 641 g/mol. The van der Waals surface area contributed by atoms with Gasteiger partial charge in [0.05, 0.1) is 5.69 Å². The highest BCUT2D eigenvalue weighted by Gasteiger charge is 2.37. The molecule has 6 aromatic rings. The second-order valence-electron chi connectivity index (χ2n) is 14.2. The third kappa shape index (κ3) is 5.12. The number of anilines is 2. The molecule has 50 heavy (non-hydrogen) atoms. The molecule has 1 heteroatoms. The third-order valence-electron chi connectivity index (χ3n) is 10.9. The van der Waals surface area contributed by atoms with Crippen molar-refractivity contribution in [2.75, 3.05) is 4.90 Å². The molecule has 0 spiro atoms. The van der Waals surface area contributed by atoms with Crippen LogP contribution in [-0.2, 0) is 5.41 Å². The highest BCUT2D eigenvalue weighted by Crippen LogP contribution is 2.51. The molecule has 3 aliphatic rings. The van der Waals surface area contributed by atoms with Gasteiger partial charge in [-0.3, -0.25) is 0 Å². The second kappa shape index (κ2) is 12.2. The fourth-order valence-electron chi connectivity index (χ4n) is 8.25. The fraction of sp³-hybridized carbons (Fsp3) is 0.143. The lowest BCUT2D eigenvalue weighted by Crippen LogP contribution is -2.19. The van der Waals surface area contributed by atoms with Gasteiger partial charge in [0.1, 0.15) is 0 Å². The molecule has 0 aliphatic heterocycles. The summed E-state index contributed by atoms with van der Waals surface area (Å²) in [5.74, 6) is 7.19. The first-order valence-electron chi connectivity index (χ1n) is 17.8. The zero-order chi connectivity index (χ0) is 33.7. The molecule has 0 atom stereocenters. The first kappa shape index (κ1) is 30.2. The van der Waals surface area contributed by atoms with Crippen LogP contribution in [0.25, 0.3) is 43.8 Å². The van der Waals surface area contributed by atoms with Gasteiger partial charge in [-0.1, -0.05) is 135 Å². The normalized spacial score (nSPS) is 17.2. The fourth-order valence-corrected chi connectivity index (χ4v) is 8.25. The van der Waals surface area contributed by atoms with Crippen LogP contribution in [0.2, 0.25) is 0 Å². The van der Waals surface area contributed by atoms with Crippen molar-refractivity contribution in [2.24, 2.45) is 0 Å². The maximum atomic E-state index is 3.60. The lowest BCUT2D eigenvalue weighted by molar-refractivity contribution is 0.629. The Labute approximate surface area is 295 Å². The van der Waals surface area contributed by atoms with Gasteiger partial charge in [-0.15, -0.1) is 0 Å². The molecule has 0 saturated heterocycles.